The molecule has 2 nitrogen and oxygen atoms in total. The zero-order valence-corrected chi connectivity index (χ0v) is 9.46. The molecule has 0 N–H and O–H groups in total. The maximum atomic E-state index is 11.1. The Bertz CT molecular complexity index is 392. The van der Waals surface area contributed by atoms with Gasteiger partial charge in [-0.3, -0.25) is 9.59 Å². The Morgan fingerprint density at radius 1 is 1.40 bits per heavy atom. The molecule has 0 saturated heterocycles. The number of hydrogen-bond acceptors (Lipinski definition) is 2. The van der Waals surface area contributed by atoms with E-state index in [-0.39, 0.29) is 5.78 Å². The zero-order chi connectivity index (χ0) is 11.4. The van der Waals surface area contributed by atoms with Gasteiger partial charge in [0.1, 0.15) is 12.1 Å². The number of carbonyl (C=O) groups excluding carboxylic acids is 2. The van der Waals surface area contributed by atoms with Gasteiger partial charge in [0.05, 0.1) is 0 Å². The molecule has 0 aliphatic rings. The lowest BCUT2D eigenvalue weighted by Gasteiger charge is -2.09. The highest BCUT2D eigenvalue weighted by molar-refractivity contribution is 5.85. The maximum absolute atomic E-state index is 11.1. The molecule has 2 heteroatoms. The lowest BCUT2D eigenvalue weighted by Crippen LogP contribution is -2.04. The minimum atomic E-state index is 0.0884. The van der Waals surface area contributed by atoms with Crippen LogP contribution in [0.2, 0.25) is 0 Å². The summed E-state index contributed by atoms with van der Waals surface area (Å²) in [6, 6.07) is 3.92. The topological polar surface area (TPSA) is 34.1 Å². The van der Waals surface area contributed by atoms with Gasteiger partial charge in [-0.25, -0.2) is 0 Å². The third-order valence-electron chi connectivity index (χ3n) is 2.53. The van der Waals surface area contributed by atoms with Crippen molar-refractivity contribution in [2.24, 2.45) is 0 Å². The van der Waals surface area contributed by atoms with Crippen LogP contribution in [0.4, 0.5) is 0 Å². The molecule has 80 valence electrons. The standard InChI is InChI=1S/C13H16O2/c1-4-11-5-9(2)13(6-10(3)15)12(7-11)8-14/h5,7-8H,4,6H2,1-3H3. The van der Waals surface area contributed by atoms with Crippen LogP contribution in [0.15, 0.2) is 12.1 Å². The Balaban J connectivity index is 3.24. The first-order valence-corrected chi connectivity index (χ1v) is 5.15. The molecular formula is C13H16O2. The van der Waals surface area contributed by atoms with Crippen LogP contribution < -0.4 is 0 Å². The summed E-state index contributed by atoms with van der Waals surface area (Å²) in [5, 5.41) is 0. The van der Waals surface area contributed by atoms with Crippen molar-refractivity contribution in [1.82, 2.24) is 0 Å². The van der Waals surface area contributed by atoms with Crippen molar-refractivity contribution in [1.29, 1.82) is 0 Å². The lowest BCUT2D eigenvalue weighted by molar-refractivity contribution is -0.116. The second kappa shape index (κ2) is 4.87. The Morgan fingerprint density at radius 3 is 2.53 bits per heavy atom. The van der Waals surface area contributed by atoms with E-state index in [9.17, 15) is 9.59 Å². The lowest BCUT2D eigenvalue weighted by atomic mass is 9.95. The number of aryl methyl sites for hydroxylation is 2. The van der Waals surface area contributed by atoms with Crippen LogP contribution in [0.5, 0.6) is 0 Å². The van der Waals surface area contributed by atoms with E-state index in [4.69, 9.17) is 0 Å². The summed E-state index contributed by atoms with van der Waals surface area (Å²) in [5.41, 5.74) is 3.70. The van der Waals surface area contributed by atoms with Crippen LogP contribution in [-0.2, 0) is 17.6 Å². The molecular weight excluding hydrogens is 188 g/mol. The van der Waals surface area contributed by atoms with Gasteiger partial charge < -0.3 is 0 Å². The number of hydrogen-bond donors (Lipinski definition) is 0. The van der Waals surface area contributed by atoms with Gasteiger partial charge in [0.25, 0.3) is 0 Å². The van der Waals surface area contributed by atoms with Crippen molar-refractivity contribution in [2.45, 2.75) is 33.6 Å². The van der Waals surface area contributed by atoms with E-state index in [1.165, 1.54) is 0 Å². The van der Waals surface area contributed by atoms with Gasteiger partial charge in [0, 0.05) is 12.0 Å². The van der Waals surface area contributed by atoms with Gasteiger partial charge in [-0.05, 0) is 43.0 Å². The Labute approximate surface area is 90.3 Å². The fourth-order valence-corrected chi connectivity index (χ4v) is 1.72. The molecule has 0 aromatic heterocycles. The molecule has 0 heterocycles. The van der Waals surface area contributed by atoms with Crippen LogP contribution in [0.3, 0.4) is 0 Å². The van der Waals surface area contributed by atoms with Gasteiger partial charge in [-0.15, -0.1) is 0 Å². The summed E-state index contributed by atoms with van der Waals surface area (Å²) in [5.74, 6) is 0.0884. The molecule has 0 bridgehead atoms. The van der Waals surface area contributed by atoms with Crippen LogP contribution in [0.25, 0.3) is 0 Å². The van der Waals surface area contributed by atoms with Crippen LogP contribution in [0.1, 0.15) is 40.9 Å². The predicted octanol–water partition coefficient (Wildman–Crippen LogP) is 2.50. The molecule has 0 amide bonds. The molecule has 0 unspecified atom stereocenters. The quantitative estimate of drug-likeness (QED) is 0.706. The van der Waals surface area contributed by atoms with Crippen molar-refractivity contribution >= 4 is 12.1 Å². The van der Waals surface area contributed by atoms with E-state index < -0.39 is 0 Å². The van der Waals surface area contributed by atoms with E-state index in [0.29, 0.717) is 12.0 Å². The molecule has 0 aliphatic carbocycles. The first-order chi connectivity index (χ1) is 7.08. The van der Waals surface area contributed by atoms with Crippen LogP contribution in [0, 0.1) is 6.92 Å². The fourth-order valence-electron chi connectivity index (χ4n) is 1.72. The molecule has 1 aromatic carbocycles. The fraction of sp³-hybridized carbons (Fsp3) is 0.385. The van der Waals surface area contributed by atoms with Gasteiger partial charge >= 0.3 is 0 Å². The highest BCUT2D eigenvalue weighted by atomic mass is 16.1. The Hall–Kier alpha value is -1.44. The molecule has 0 fully saturated rings. The van der Waals surface area contributed by atoms with E-state index >= 15 is 0 Å². The number of benzene rings is 1. The zero-order valence-electron chi connectivity index (χ0n) is 9.46. The summed E-state index contributed by atoms with van der Waals surface area (Å²) in [7, 11) is 0. The monoisotopic (exact) mass is 204 g/mol. The van der Waals surface area contributed by atoms with E-state index in [0.717, 1.165) is 29.4 Å². The number of carbonyl (C=O) groups is 2. The molecule has 1 rings (SSSR count). The minimum Gasteiger partial charge on any atom is -0.300 e. The summed E-state index contributed by atoms with van der Waals surface area (Å²) in [6.07, 6.45) is 2.09. The predicted molar refractivity (Wildman–Crippen MR) is 60.3 cm³/mol. The van der Waals surface area contributed by atoms with Crippen molar-refractivity contribution in [3.8, 4) is 0 Å². The van der Waals surface area contributed by atoms with Crippen molar-refractivity contribution in [3.05, 3.63) is 34.4 Å². The average Bonchev–Trinajstić information content (AvgIpc) is 2.20. The van der Waals surface area contributed by atoms with Gasteiger partial charge in [-0.2, -0.15) is 0 Å². The van der Waals surface area contributed by atoms with Crippen LogP contribution >= 0.6 is 0 Å². The van der Waals surface area contributed by atoms with Gasteiger partial charge in [0.15, 0.2) is 0 Å². The summed E-state index contributed by atoms with van der Waals surface area (Å²) < 4.78 is 0. The van der Waals surface area contributed by atoms with Crippen molar-refractivity contribution < 1.29 is 9.59 Å². The SMILES string of the molecule is CCc1cc(C)c(CC(C)=O)c(C=O)c1. The largest absolute Gasteiger partial charge is 0.300 e. The Kier molecular flexibility index (Phi) is 3.78. The molecule has 0 saturated carbocycles. The van der Waals surface area contributed by atoms with E-state index in [1.54, 1.807) is 6.92 Å². The molecule has 0 atom stereocenters. The second-order valence-electron chi connectivity index (χ2n) is 3.83. The van der Waals surface area contributed by atoms with Crippen LogP contribution in [-0.4, -0.2) is 12.1 Å². The minimum absolute atomic E-state index is 0.0884. The van der Waals surface area contributed by atoms with Gasteiger partial charge in [0.2, 0.25) is 0 Å². The smallest absolute Gasteiger partial charge is 0.150 e. The third-order valence-corrected chi connectivity index (χ3v) is 2.53. The highest BCUT2D eigenvalue weighted by Gasteiger charge is 2.09. The van der Waals surface area contributed by atoms with Crippen molar-refractivity contribution in [3.63, 3.8) is 0 Å². The maximum Gasteiger partial charge on any atom is 0.150 e. The molecule has 0 spiro atoms. The number of ketones is 1. The molecule has 0 radical (unpaired) electrons. The number of rotatable bonds is 4. The molecule has 0 aliphatic heterocycles. The normalized spacial score (nSPS) is 10.1. The van der Waals surface area contributed by atoms with E-state index in [2.05, 4.69) is 0 Å². The summed E-state index contributed by atoms with van der Waals surface area (Å²) in [4.78, 5) is 22.0. The first-order valence-electron chi connectivity index (χ1n) is 5.15. The van der Waals surface area contributed by atoms with E-state index in [1.807, 2.05) is 26.0 Å². The van der Waals surface area contributed by atoms with Crippen molar-refractivity contribution in [2.75, 3.05) is 0 Å². The highest BCUT2D eigenvalue weighted by Crippen LogP contribution is 2.17. The number of aldehydes is 1. The second-order valence-corrected chi connectivity index (χ2v) is 3.83. The molecule has 15 heavy (non-hydrogen) atoms. The third kappa shape index (κ3) is 2.75. The summed E-state index contributed by atoms with van der Waals surface area (Å²) in [6.45, 7) is 5.54. The first kappa shape index (κ1) is 11.6. The summed E-state index contributed by atoms with van der Waals surface area (Å²) >= 11 is 0. The number of Topliss-reactive ketones (excluding diaryl/α,β-unsaturated/α-hetero) is 1. The van der Waals surface area contributed by atoms with Gasteiger partial charge in [-0.1, -0.05) is 13.0 Å². The average molecular weight is 204 g/mol. The Morgan fingerprint density at radius 2 is 2.07 bits per heavy atom. The molecule has 1 aromatic rings.